The lowest BCUT2D eigenvalue weighted by atomic mass is 9.86. The minimum atomic E-state index is 0.866. The third kappa shape index (κ3) is 2.73. The fourth-order valence-electron chi connectivity index (χ4n) is 2.91. The van der Waals surface area contributed by atoms with Crippen molar-refractivity contribution in [3.63, 3.8) is 0 Å². The van der Waals surface area contributed by atoms with E-state index in [1.54, 1.807) is 0 Å². The van der Waals surface area contributed by atoms with Crippen molar-refractivity contribution in [3.05, 3.63) is 0 Å². The molecule has 1 fully saturated rings. The lowest BCUT2D eigenvalue weighted by molar-refractivity contribution is -0.971. The fourth-order valence-corrected chi connectivity index (χ4v) is 2.91. The molecular formula is C13H28N+. The number of rotatable bonds is 5. The van der Waals surface area contributed by atoms with E-state index in [1.807, 2.05) is 0 Å². The van der Waals surface area contributed by atoms with E-state index in [0.29, 0.717) is 0 Å². The van der Waals surface area contributed by atoms with Crippen molar-refractivity contribution < 1.29 is 4.48 Å². The molecule has 1 saturated heterocycles. The van der Waals surface area contributed by atoms with Crippen LogP contribution in [0.3, 0.4) is 0 Å². The quantitative estimate of drug-likeness (QED) is 0.595. The first-order valence-electron chi connectivity index (χ1n) is 6.32. The van der Waals surface area contributed by atoms with E-state index in [1.165, 1.54) is 36.8 Å². The van der Waals surface area contributed by atoms with Crippen LogP contribution in [0, 0.1) is 11.8 Å². The maximum Gasteiger partial charge on any atom is 0.0945 e. The van der Waals surface area contributed by atoms with Gasteiger partial charge in [-0.1, -0.05) is 20.8 Å². The van der Waals surface area contributed by atoms with E-state index in [4.69, 9.17) is 0 Å². The molecule has 1 heterocycles. The monoisotopic (exact) mass is 198 g/mol. The van der Waals surface area contributed by atoms with E-state index in [9.17, 15) is 0 Å². The Bertz CT molecular complexity index is 172. The molecule has 84 valence electrons. The van der Waals surface area contributed by atoms with Crippen LogP contribution in [0.1, 0.15) is 47.0 Å². The van der Waals surface area contributed by atoms with Crippen molar-refractivity contribution in [3.8, 4) is 0 Å². The van der Waals surface area contributed by atoms with E-state index in [0.717, 1.165) is 17.9 Å². The predicted molar refractivity (Wildman–Crippen MR) is 63.2 cm³/mol. The van der Waals surface area contributed by atoms with Crippen LogP contribution in [0.5, 0.6) is 0 Å². The van der Waals surface area contributed by atoms with Crippen molar-refractivity contribution in [2.75, 3.05) is 20.1 Å². The van der Waals surface area contributed by atoms with Crippen LogP contribution >= 0.6 is 0 Å². The SMILES string of the molecule is CC[N+]1(C)CCC1CC(C)CC(C)C. The Kier molecular flexibility index (Phi) is 4.00. The lowest BCUT2D eigenvalue weighted by Crippen LogP contribution is -2.62. The molecule has 0 saturated carbocycles. The summed E-state index contributed by atoms with van der Waals surface area (Å²) in [5.41, 5.74) is 0. The van der Waals surface area contributed by atoms with Gasteiger partial charge in [0, 0.05) is 12.8 Å². The summed E-state index contributed by atoms with van der Waals surface area (Å²) in [6.45, 7) is 12.2. The Balaban J connectivity index is 2.31. The molecule has 1 rings (SSSR count). The number of hydrogen-bond acceptors (Lipinski definition) is 0. The summed E-state index contributed by atoms with van der Waals surface area (Å²) < 4.78 is 1.34. The predicted octanol–water partition coefficient (Wildman–Crippen LogP) is 3.30. The highest BCUT2D eigenvalue weighted by atomic mass is 15.4. The third-order valence-electron chi connectivity index (χ3n) is 4.13. The Morgan fingerprint density at radius 2 is 1.93 bits per heavy atom. The lowest BCUT2D eigenvalue weighted by Gasteiger charge is -2.50. The molecule has 0 radical (unpaired) electrons. The molecule has 0 N–H and O–H groups in total. The zero-order chi connectivity index (χ0) is 10.8. The highest BCUT2D eigenvalue weighted by molar-refractivity contribution is 4.72. The molecule has 0 bridgehead atoms. The zero-order valence-electron chi connectivity index (χ0n) is 10.7. The van der Waals surface area contributed by atoms with Crippen LogP contribution in [0.15, 0.2) is 0 Å². The van der Waals surface area contributed by atoms with Gasteiger partial charge in [-0.15, -0.1) is 0 Å². The van der Waals surface area contributed by atoms with Gasteiger partial charge in [0.05, 0.1) is 26.2 Å². The normalized spacial score (nSPS) is 34.3. The maximum atomic E-state index is 2.43. The third-order valence-corrected chi connectivity index (χ3v) is 4.13. The zero-order valence-corrected chi connectivity index (χ0v) is 10.7. The van der Waals surface area contributed by atoms with Gasteiger partial charge in [-0.25, -0.2) is 0 Å². The van der Waals surface area contributed by atoms with Crippen molar-refractivity contribution >= 4 is 0 Å². The highest BCUT2D eigenvalue weighted by Gasteiger charge is 2.41. The Morgan fingerprint density at radius 3 is 2.29 bits per heavy atom. The van der Waals surface area contributed by atoms with Gasteiger partial charge in [-0.05, 0) is 25.2 Å². The summed E-state index contributed by atoms with van der Waals surface area (Å²) in [6, 6.07) is 0.966. The molecular weight excluding hydrogens is 170 g/mol. The molecule has 0 aliphatic carbocycles. The summed E-state index contributed by atoms with van der Waals surface area (Å²) >= 11 is 0. The number of quaternary nitrogens is 1. The fraction of sp³-hybridized carbons (Fsp3) is 1.00. The summed E-state index contributed by atoms with van der Waals surface area (Å²) in [5, 5.41) is 0. The summed E-state index contributed by atoms with van der Waals surface area (Å²) in [7, 11) is 2.43. The average Bonchev–Trinajstić information content (AvgIpc) is 2.10. The van der Waals surface area contributed by atoms with E-state index in [2.05, 4.69) is 34.7 Å². The van der Waals surface area contributed by atoms with Gasteiger partial charge in [0.25, 0.3) is 0 Å². The molecule has 14 heavy (non-hydrogen) atoms. The largest absolute Gasteiger partial charge is 0.323 e. The Morgan fingerprint density at radius 1 is 1.29 bits per heavy atom. The van der Waals surface area contributed by atoms with E-state index in [-0.39, 0.29) is 0 Å². The summed E-state index contributed by atoms with van der Waals surface area (Å²) in [6.07, 6.45) is 4.31. The topological polar surface area (TPSA) is 0 Å². The van der Waals surface area contributed by atoms with Crippen molar-refractivity contribution in [1.29, 1.82) is 0 Å². The number of nitrogens with zero attached hydrogens (tertiary/aromatic N) is 1. The van der Waals surface area contributed by atoms with E-state index >= 15 is 0 Å². The first-order valence-corrected chi connectivity index (χ1v) is 6.32. The van der Waals surface area contributed by atoms with Crippen molar-refractivity contribution in [2.45, 2.75) is 53.0 Å². The Labute approximate surface area is 90.1 Å². The molecule has 0 spiro atoms. The molecule has 1 heteroatoms. The van der Waals surface area contributed by atoms with Gasteiger partial charge in [-0.2, -0.15) is 0 Å². The molecule has 0 aromatic carbocycles. The van der Waals surface area contributed by atoms with Crippen LogP contribution in [-0.2, 0) is 0 Å². The first-order chi connectivity index (χ1) is 6.48. The molecule has 0 amide bonds. The second-order valence-corrected chi connectivity index (χ2v) is 5.93. The first kappa shape index (κ1) is 12.0. The molecule has 1 nitrogen and oxygen atoms in total. The number of hydrogen-bond donors (Lipinski definition) is 0. The smallest absolute Gasteiger partial charge is 0.0945 e. The van der Waals surface area contributed by atoms with Crippen molar-refractivity contribution in [1.82, 2.24) is 0 Å². The molecule has 3 atom stereocenters. The Hall–Kier alpha value is -0.0400. The second-order valence-electron chi connectivity index (χ2n) is 5.93. The number of likely N-dealkylation sites (tertiary alicyclic amines) is 1. The van der Waals surface area contributed by atoms with Gasteiger partial charge in [-0.3, -0.25) is 0 Å². The van der Waals surface area contributed by atoms with Gasteiger partial charge >= 0.3 is 0 Å². The molecule has 0 aromatic heterocycles. The molecule has 1 aliphatic rings. The van der Waals surface area contributed by atoms with Gasteiger partial charge in [0.15, 0.2) is 0 Å². The minimum absolute atomic E-state index is 0.866. The van der Waals surface area contributed by atoms with Gasteiger partial charge in [0.1, 0.15) is 0 Å². The van der Waals surface area contributed by atoms with Crippen LogP contribution in [0.25, 0.3) is 0 Å². The second kappa shape index (κ2) is 4.65. The molecule has 1 aliphatic heterocycles. The van der Waals surface area contributed by atoms with Crippen molar-refractivity contribution in [2.24, 2.45) is 11.8 Å². The van der Waals surface area contributed by atoms with Crippen LogP contribution < -0.4 is 0 Å². The standard InChI is InChI=1S/C13H28N/c1-6-14(5)8-7-13(14)10-12(4)9-11(2)3/h11-13H,6-10H2,1-5H3/q+1. The highest BCUT2D eigenvalue weighted by Crippen LogP contribution is 2.32. The molecule has 0 aromatic rings. The van der Waals surface area contributed by atoms with Crippen LogP contribution in [-0.4, -0.2) is 30.7 Å². The van der Waals surface area contributed by atoms with E-state index < -0.39 is 0 Å². The summed E-state index contributed by atoms with van der Waals surface area (Å²) in [4.78, 5) is 0. The van der Waals surface area contributed by atoms with Crippen LogP contribution in [0.2, 0.25) is 0 Å². The average molecular weight is 198 g/mol. The van der Waals surface area contributed by atoms with Crippen LogP contribution in [0.4, 0.5) is 0 Å². The maximum absolute atomic E-state index is 2.43. The van der Waals surface area contributed by atoms with Gasteiger partial charge < -0.3 is 4.48 Å². The van der Waals surface area contributed by atoms with Gasteiger partial charge in [0.2, 0.25) is 0 Å². The summed E-state index contributed by atoms with van der Waals surface area (Å²) in [5.74, 6) is 1.79. The minimum Gasteiger partial charge on any atom is -0.323 e. The molecule has 3 unspecified atom stereocenters.